The number of hydrogen-bond acceptors (Lipinski definition) is 4. The number of fused-ring (bicyclic) bond motifs is 1. The van der Waals surface area contributed by atoms with Crippen LogP contribution in [0.25, 0.3) is 5.65 Å². The Hall–Kier alpha value is -1.83. The van der Waals surface area contributed by atoms with Crippen LogP contribution in [0.5, 0.6) is 5.88 Å². The van der Waals surface area contributed by atoms with Crippen LogP contribution in [0.4, 0.5) is 0 Å². The minimum Gasteiger partial charge on any atom is -0.494 e. The van der Waals surface area contributed by atoms with E-state index in [4.69, 9.17) is 0 Å². The molecule has 2 aromatic heterocycles. The van der Waals surface area contributed by atoms with Gasteiger partial charge >= 0.3 is 0 Å². The highest BCUT2D eigenvalue weighted by Gasteiger charge is 2.28. The zero-order chi connectivity index (χ0) is 17.6. The van der Waals surface area contributed by atoms with E-state index >= 15 is 0 Å². The molecule has 0 atom stereocenters. The molecule has 1 fully saturated rings. The topological polar surface area (TPSA) is 88.6 Å². The molecule has 0 saturated heterocycles. The van der Waals surface area contributed by atoms with Crippen molar-refractivity contribution in [2.24, 2.45) is 5.41 Å². The van der Waals surface area contributed by atoms with E-state index < -0.39 is 11.5 Å². The Morgan fingerprint density at radius 3 is 2.67 bits per heavy atom. The molecule has 0 radical (unpaired) electrons. The Kier molecular flexibility index (Phi) is 4.19. The third-order valence-electron chi connectivity index (χ3n) is 4.12. The number of carbonyl (C=O) groups is 1. The second-order valence-corrected chi connectivity index (χ2v) is 8.30. The summed E-state index contributed by atoms with van der Waals surface area (Å²) in [7, 11) is 0. The molecule has 8 heteroatoms. The Morgan fingerprint density at radius 2 is 2.12 bits per heavy atom. The van der Waals surface area contributed by atoms with Gasteiger partial charge in [0.1, 0.15) is 10.3 Å². The average Bonchev–Trinajstić information content (AvgIpc) is 2.80. The first-order valence-corrected chi connectivity index (χ1v) is 8.78. The summed E-state index contributed by atoms with van der Waals surface area (Å²) in [6.07, 6.45) is 2.87. The number of nitrogens with zero attached hydrogens (tertiary/aromatic N) is 3. The van der Waals surface area contributed by atoms with Crippen LogP contribution in [0.15, 0.2) is 15.5 Å². The second kappa shape index (κ2) is 5.91. The maximum atomic E-state index is 12.7. The lowest BCUT2D eigenvalue weighted by atomic mass is 9.93. The Morgan fingerprint density at radius 1 is 1.46 bits per heavy atom. The summed E-state index contributed by atoms with van der Waals surface area (Å²) in [5, 5.41) is 17.6. The van der Waals surface area contributed by atoms with Gasteiger partial charge in [0.25, 0.3) is 11.5 Å². The molecule has 130 valence electrons. The van der Waals surface area contributed by atoms with Gasteiger partial charge in [-0.25, -0.2) is 0 Å². The van der Waals surface area contributed by atoms with Crippen molar-refractivity contribution in [2.75, 3.05) is 0 Å². The van der Waals surface area contributed by atoms with Crippen molar-refractivity contribution in [3.8, 4) is 5.88 Å². The van der Waals surface area contributed by atoms with E-state index in [9.17, 15) is 14.7 Å². The summed E-state index contributed by atoms with van der Waals surface area (Å²) in [4.78, 5) is 25.2. The van der Waals surface area contributed by atoms with Crippen LogP contribution < -0.4 is 10.9 Å². The number of hydrogen-bond donors (Lipinski definition) is 2. The summed E-state index contributed by atoms with van der Waals surface area (Å²) in [5.74, 6) is -0.856. The number of amides is 1. The van der Waals surface area contributed by atoms with Gasteiger partial charge in [-0.05, 0) is 40.6 Å². The molecule has 1 aliphatic carbocycles. The molecule has 0 aromatic carbocycles. The lowest BCUT2D eigenvalue weighted by molar-refractivity contribution is 0.0910. The van der Waals surface area contributed by atoms with Gasteiger partial charge in [-0.15, -0.1) is 0 Å². The van der Waals surface area contributed by atoms with Crippen molar-refractivity contribution in [3.63, 3.8) is 0 Å². The van der Waals surface area contributed by atoms with Gasteiger partial charge in [0.05, 0.1) is 0 Å². The molecule has 2 heterocycles. The zero-order valence-corrected chi connectivity index (χ0v) is 15.6. The van der Waals surface area contributed by atoms with E-state index in [0.29, 0.717) is 16.8 Å². The van der Waals surface area contributed by atoms with Crippen molar-refractivity contribution in [1.82, 2.24) is 19.5 Å². The average molecular weight is 397 g/mol. The second-order valence-electron chi connectivity index (χ2n) is 7.49. The summed E-state index contributed by atoms with van der Waals surface area (Å²) in [6, 6.07) is 1.73. The fourth-order valence-corrected chi connectivity index (χ4v) is 3.13. The van der Waals surface area contributed by atoms with Crippen LogP contribution in [0, 0.1) is 5.41 Å². The summed E-state index contributed by atoms with van der Waals surface area (Å²) in [6.45, 7) is 6.48. The maximum Gasteiger partial charge on any atom is 0.291 e. The number of halogens is 1. The molecule has 2 aromatic rings. The number of aromatic hydroxyl groups is 1. The molecule has 1 amide bonds. The molecular formula is C16H21BrN4O3. The Bertz CT molecular complexity index is 859. The third-order valence-corrected chi connectivity index (χ3v) is 4.51. The van der Waals surface area contributed by atoms with Gasteiger partial charge in [-0.2, -0.15) is 9.61 Å². The highest BCUT2D eigenvalue weighted by atomic mass is 79.9. The van der Waals surface area contributed by atoms with Crippen LogP contribution in [-0.2, 0) is 6.54 Å². The highest BCUT2D eigenvalue weighted by Crippen LogP contribution is 2.26. The Labute approximate surface area is 147 Å². The van der Waals surface area contributed by atoms with E-state index in [1.807, 2.05) is 20.8 Å². The SMILES string of the molecule is CC(C)(C)Cn1c(O)c(C(=O)NC2CCC2)c(=O)n2nc(Br)cc12. The fourth-order valence-electron chi connectivity index (χ4n) is 2.77. The van der Waals surface area contributed by atoms with Crippen molar-refractivity contribution < 1.29 is 9.90 Å². The number of nitrogens with one attached hydrogen (secondary N) is 1. The summed E-state index contributed by atoms with van der Waals surface area (Å²) >= 11 is 3.25. The molecule has 1 aliphatic rings. The molecular weight excluding hydrogens is 376 g/mol. The van der Waals surface area contributed by atoms with E-state index in [1.54, 1.807) is 10.6 Å². The quantitative estimate of drug-likeness (QED) is 0.832. The van der Waals surface area contributed by atoms with E-state index in [-0.39, 0.29) is 22.9 Å². The first-order chi connectivity index (χ1) is 11.2. The molecule has 0 aliphatic heterocycles. The number of rotatable bonds is 3. The molecule has 0 bridgehead atoms. The molecule has 24 heavy (non-hydrogen) atoms. The first-order valence-electron chi connectivity index (χ1n) is 7.99. The lowest BCUT2D eigenvalue weighted by Gasteiger charge is -2.27. The van der Waals surface area contributed by atoms with Gasteiger partial charge in [0.15, 0.2) is 5.56 Å². The lowest BCUT2D eigenvalue weighted by Crippen LogP contribution is -2.42. The first kappa shape index (κ1) is 17.0. The predicted octanol–water partition coefficient (Wildman–Crippen LogP) is 2.29. The van der Waals surface area contributed by atoms with Gasteiger partial charge in [0.2, 0.25) is 5.88 Å². The molecule has 3 rings (SSSR count). The number of aromatic nitrogens is 3. The Balaban J connectivity index is 2.17. The van der Waals surface area contributed by atoms with E-state index in [1.165, 1.54) is 0 Å². The van der Waals surface area contributed by atoms with Crippen LogP contribution in [-0.4, -0.2) is 31.2 Å². The molecule has 0 unspecified atom stereocenters. The minimum atomic E-state index is -0.616. The fraction of sp³-hybridized carbons (Fsp3) is 0.562. The van der Waals surface area contributed by atoms with Gasteiger partial charge in [-0.1, -0.05) is 20.8 Å². The predicted molar refractivity (Wildman–Crippen MR) is 93.4 cm³/mol. The third kappa shape index (κ3) is 3.07. The normalized spacial score (nSPS) is 15.5. The van der Waals surface area contributed by atoms with E-state index in [2.05, 4.69) is 26.3 Å². The number of carbonyl (C=O) groups excluding carboxylic acids is 1. The largest absolute Gasteiger partial charge is 0.494 e. The van der Waals surface area contributed by atoms with Gasteiger partial charge in [-0.3, -0.25) is 14.2 Å². The minimum absolute atomic E-state index is 0.0763. The maximum absolute atomic E-state index is 12.7. The highest BCUT2D eigenvalue weighted by molar-refractivity contribution is 9.10. The summed E-state index contributed by atoms with van der Waals surface area (Å²) < 4.78 is 3.19. The van der Waals surface area contributed by atoms with Crippen LogP contribution in [0.2, 0.25) is 0 Å². The standard InChI is InChI=1S/C16H21BrN4O3/c1-16(2,3)8-20-11-7-10(17)19-21(11)15(24)12(14(20)23)13(22)18-9-5-4-6-9/h7,9,23H,4-6,8H2,1-3H3,(H,18,22). The molecule has 0 spiro atoms. The van der Waals surface area contributed by atoms with Crippen LogP contribution >= 0.6 is 15.9 Å². The van der Waals surface area contributed by atoms with Crippen molar-refractivity contribution >= 4 is 27.5 Å². The van der Waals surface area contributed by atoms with Crippen molar-refractivity contribution in [1.29, 1.82) is 0 Å². The molecule has 1 saturated carbocycles. The van der Waals surface area contributed by atoms with Gasteiger partial charge < -0.3 is 10.4 Å². The van der Waals surface area contributed by atoms with Crippen LogP contribution in [0.1, 0.15) is 50.4 Å². The summed E-state index contributed by atoms with van der Waals surface area (Å²) in [5.41, 5.74) is -0.588. The smallest absolute Gasteiger partial charge is 0.291 e. The van der Waals surface area contributed by atoms with Crippen LogP contribution in [0.3, 0.4) is 0 Å². The molecule has 2 N–H and O–H groups in total. The van der Waals surface area contributed by atoms with Crippen molar-refractivity contribution in [2.45, 2.75) is 52.6 Å². The monoisotopic (exact) mass is 396 g/mol. The van der Waals surface area contributed by atoms with Crippen molar-refractivity contribution in [3.05, 3.63) is 26.6 Å². The molecule has 7 nitrogen and oxygen atoms in total. The van der Waals surface area contributed by atoms with E-state index in [0.717, 1.165) is 23.8 Å². The zero-order valence-electron chi connectivity index (χ0n) is 14.0. The van der Waals surface area contributed by atoms with Gasteiger partial charge in [0, 0.05) is 18.7 Å².